The van der Waals surface area contributed by atoms with Gasteiger partial charge in [-0.3, -0.25) is 25.0 Å². The van der Waals surface area contributed by atoms with Gasteiger partial charge in [0.15, 0.2) is 0 Å². The summed E-state index contributed by atoms with van der Waals surface area (Å²) in [5.74, 6) is 0.0586. The Balaban J connectivity index is 1.78. The molecule has 0 atom stereocenters. The average molecular weight is 444 g/mol. The molecular weight excluding hydrogens is 428 g/mol. The van der Waals surface area contributed by atoms with Gasteiger partial charge < -0.3 is 10.1 Å². The van der Waals surface area contributed by atoms with Crippen LogP contribution < -0.4 is 10.1 Å². The molecule has 0 fully saturated rings. The number of nitrogens with one attached hydrogen (secondary N) is 1. The van der Waals surface area contributed by atoms with Crippen molar-refractivity contribution in [3.8, 4) is 17.0 Å². The van der Waals surface area contributed by atoms with Crippen LogP contribution in [0.4, 0.5) is 17.1 Å². The van der Waals surface area contributed by atoms with Gasteiger partial charge >= 0.3 is 0 Å². The van der Waals surface area contributed by atoms with Gasteiger partial charge in [-0.25, -0.2) is 4.98 Å². The number of carbonyl (C=O) groups is 1. The van der Waals surface area contributed by atoms with E-state index in [4.69, 9.17) is 4.74 Å². The first-order chi connectivity index (χ1) is 15.9. The van der Waals surface area contributed by atoms with Crippen molar-refractivity contribution < 1.29 is 19.4 Å². The molecule has 0 aliphatic rings. The number of hydrogen-bond donors (Lipinski definition) is 1. The zero-order valence-corrected chi connectivity index (χ0v) is 17.2. The molecular formula is C23H16N4O6. The Morgan fingerprint density at radius 1 is 0.939 bits per heavy atom. The highest BCUT2D eigenvalue weighted by Gasteiger charge is 2.22. The molecule has 0 aliphatic carbocycles. The van der Waals surface area contributed by atoms with Crippen molar-refractivity contribution in [1.29, 1.82) is 0 Å². The van der Waals surface area contributed by atoms with Crippen LogP contribution in [0.3, 0.4) is 0 Å². The standard InChI is InChI=1S/C23H16N4O6/c1-33-16-9-6-14(7-10-16)21-13-18(17-4-2-3-5-19(17)24-21)23(28)25-20-11-8-15(26(29)30)12-22(20)27(31)32/h2-13H,1H3,(H,25,28). The van der Waals surface area contributed by atoms with E-state index in [1.807, 2.05) is 0 Å². The summed E-state index contributed by atoms with van der Waals surface area (Å²) in [5.41, 5.74) is 0.912. The number of rotatable bonds is 6. The molecule has 1 aromatic heterocycles. The lowest BCUT2D eigenvalue weighted by atomic mass is 10.0. The predicted molar refractivity (Wildman–Crippen MR) is 121 cm³/mol. The minimum absolute atomic E-state index is 0.150. The van der Waals surface area contributed by atoms with Crippen molar-refractivity contribution in [2.45, 2.75) is 0 Å². The maximum absolute atomic E-state index is 13.2. The fraction of sp³-hybridized carbons (Fsp3) is 0.0435. The summed E-state index contributed by atoms with van der Waals surface area (Å²) in [4.78, 5) is 38.7. The number of nitrogens with zero attached hydrogens (tertiary/aromatic N) is 3. The van der Waals surface area contributed by atoms with Crippen molar-refractivity contribution in [3.63, 3.8) is 0 Å². The lowest BCUT2D eigenvalue weighted by Gasteiger charge is -2.11. The van der Waals surface area contributed by atoms with Gasteiger partial charge in [-0.05, 0) is 42.5 Å². The molecule has 0 unspecified atom stereocenters. The third kappa shape index (κ3) is 4.30. The predicted octanol–water partition coefficient (Wildman–Crippen LogP) is 4.98. The number of methoxy groups -OCH3 is 1. The number of ether oxygens (including phenoxy) is 1. The van der Waals surface area contributed by atoms with Crippen LogP contribution in [-0.4, -0.2) is 27.8 Å². The Kier molecular flexibility index (Phi) is 5.64. The van der Waals surface area contributed by atoms with Crippen molar-refractivity contribution in [2.24, 2.45) is 0 Å². The van der Waals surface area contributed by atoms with Gasteiger partial charge in [0.1, 0.15) is 11.4 Å². The fourth-order valence-electron chi connectivity index (χ4n) is 3.35. The van der Waals surface area contributed by atoms with E-state index in [-0.39, 0.29) is 11.3 Å². The summed E-state index contributed by atoms with van der Waals surface area (Å²) in [6.45, 7) is 0. The van der Waals surface area contributed by atoms with Gasteiger partial charge in [0.2, 0.25) is 0 Å². The van der Waals surface area contributed by atoms with Crippen LogP contribution >= 0.6 is 0 Å². The molecule has 0 spiro atoms. The summed E-state index contributed by atoms with van der Waals surface area (Å²) >= 11 is 0. The highest BCUT2D eigenvalue weighted by atomic mass is 16.6. The summed E-state index contributed by atoms with van der Waals surface area (Å²) in [6, 6.07) is 18.8. The van der Waals surface area contributed by atoms with E-state index < -0.39 is 27.1 Å². The number of benzene rings is 3. The maximum Gasteiger partial charge on any atom is 0.299 e. The highest BCUT2D eigenvalue weighted by Crippen LogP contribution is 2.31. The van der Waals surface area contributed by atoms with E-state index in [2.05, 4.69) is 10.3 Å². The monoisotopic (exact) mass is 444 g/mol. The first-order valence-electron chi connectivity index (χ1n) is 9.66. The summed E-state index contributed by atoms with van der Waals surface area (Å²) in [5, 5.41) is 25.5. The molecule has 4 rings (SSSR count). The zero-order chi connectivity index (χ0) is 23.5. The van der Waals surface area contributed by atoms with Crippen molar-refractivity contribution >= 4 is 33.9 Å². The molecule has 1 heterocycles. The van der Waals surface area contributed by atoms with Crippen LogP contribution in [0.2, 0.25) is 0 Å². The average Bonchev–Trinajstić information content (AvgIpc) is 2.83. The summed E-state index contributed by atoms with van der Waals surface area (Å²) in [7, 11) is 1.56. The second-order valence-electron chi connectivity index (χ2n) is 6.97. The number of carbonyl (C=O) groups excluding carboxylic acids is 1. The Bertz CT molecular complexity index is 1400. The van der Waals surface area contributed by atoms with Gasteiger partial charge in [-0.2, -0.15) is 0 Å². The SMILES string of the molecule is COc1ccc(-c2cc(C(=O)Nc3ccc([N+](=O)[O-])cc3[N+](=O)[O-])c3ccccc3n2)cc1. The van der Waals surface area contributed by atoms with E-state index in [0.717, 1.165) is 23.8 Å². The third-order valence-electron chi connectivity index (χ3n) is 4.98. The number of pyridine rings is 1. The van der Waals surface area contributed by atoms with Crippen LogP contribution in [0.25, 0.3) is 22.2 Å². The number of hydrogen-bond acceptors (Lipinski definition) is 7. The number of para-hydroxylation sites is 1. The molecule has 33 heavy (non-hydrogen) atoms. The molecule has 1 amide bonds. The molecule has 0 aliphatic heterocycles. The number of anilines is 1. The zero-order valence-electron chi connectivity index (χ0n) is 17.2. The van der Waals surface area contributed by atoms with E-state index in [0.29, 0.717) is 22.3 Å². The fourth-order valence-corrected chi connectivity index (χ4v) is 3.35. The molecule has 0 saturated heterocycles. The normalized spacial score (nSPS) is 10.6. The molecule has 4 aromatic rings. The van der Waals surface area contributed by atoms with Crippen LogP contribution in [-0.2, 0) is 0 Å². The highest BCUT2D eigenvalue weighted by molar-refractivity contribution is 6.13. The molecule has 10 heteroatoms. The van der Waals surface area contributed by atoms with Crippen LogP contribution in [0.1, 0.15) is 10.4 Å². The maximum atomic E-state index is 13.2. The molecule has 0 bridgehead atoms. The van der Waals surface area contributed by atoms with E-state index in [1.165, 1.54) is 0 Å². The number of non-ortho nitro benzene ring substituents is 1. The van der Waals surface area contributed by atoms with Crippen molar-refractivity contribution in [2.75, 3.05) is 12.4 Å². The third-order valence-corrected chi connectivity index (χ3v) is 4.98. The number of amides is 1. The smallest absolute Gasteiger partial charge is 0.299 e. The molecule has 1 N–H and O–H groups in total. The summed E-state index contributed by atoms with van der Waals surface area (Å²) in [6.07, 6.45) is 0. The number of nitro groups is 2. The quantitative estimate of drug-likeness (QED) is 0.327. The minimum atomic E-state index is -0.782. The Labute approximate surface area is 186 Å². The lowest BCUT2D eigenvalue weighted by Crippen LogP contribution is -2.14. The van der Waals surface area contributed by atoms with E-state index >= 15 is 0 Å². The van der Waals surface area contributed by atoms with Crippen molar-refractivity contribution in [1.82, 2.24) is 4.98 Å². The van der Waals surface area contributed by atoms with Gasteiger partial charge in [-0.1, -0.05) is 18.2 Å². The molecule has 0 radical (unpaired) electrons. The lowest BCUT2D eigenvalue weighted by molar-refractivity contribution is -0.393. The molecule has 0 saturated carbocycles. The Morgan fingerprint density at radius 2 is 1.67 bits per heavy atom. The number of fused-ring (bicyclic) bond motifs is 1. The van der Waals surface area contributed by atoms with E-state index in [1.54, 1.807) is 61.7 Å². The largest absolute Gasteiger partial charge is 0.497 e. The first-order valence-corrected chi connectivity index (χ1v) is 9.66. The molecule has 164 valence electrons. The topological polar surface area (TPSA) is 138 Å². The van der Waals surface area contributed by atoms with Gasteiger partial charge in [0, 0.05) is 17.0 Å². The number of nitro benzene ring substituents is 2. The minimum Gasteiger partial charge on any atom is -0.497 e. The Morgan fingerprint density at radius 3 is 2.33 bits per heavy atom. The van der Waals surface area contributed by atoms with Gasteiger partial charge in [-0.15, -0.1) is 0 Å². The Hall–Kier alpha value is -4.86. The first kappa shape index (κ1) is 21.4. The van der Waals surface area contributed by atoms with Gasteiger partial charge in [0.05, 0.1) is 39.8 Å². The van der Waals surface area contributed by atoms with Crippen molar-refractivity contribution in [3.05, 3.63) is 98.6 Å². The van der Waals surface area contributed by atoms with Crippen LogP contribution in [0, 0.1) is 20.2 Å². The summed E-state index contributed by atoms with van der Waals surface area (Å²) < 4.78 is 5.18. The van der Waals surface area contributed by atoms with Crippen LogP contribution in [0.5, 0.6) is 5.75 Å². The van der Waals surface area contributed by atoms with Gasteiger partial charge in [0.25, 0.3) is 17.3 Å². The molecule has 10 nitrogen and oxygen atoms in total. The molecule has 3 aromatic carbocycles. The second-order valence-corrected chi connectivity index (χ2v) is 6.97. The number of aromatic nitrogens is 1. The second kappa shape index (κ2) is 8.71. The van der Waals surface area contributed by atoms with E-state index in [9.17, 15) is 25.0 Å². The van der Waals surface area contributed by atoms with Crippen LogP contribution in [0.15, 0.2) is 72.8 Å².